The molecule has 2 aliphatic rings. The van der Waals surface area contributed by atoms with E-state index in [4.69, 9.17) is 14.7 Å². The number of fused-ring (bicyclic) bond motifs is 9. The van der Waals surface area contributed by atoms with Crippen molar-refractivity contribution in [1.82, 2.24) is 9.97 Å². The van der Waals surface area contributed by atoms with E-state index in [1.54, 1.807) is 0 Å². The molecule has 0 N–H and O–H groups in total. The SMILES string of the molecule is N#Cc1ccc2c(c1)C1(c3ccccc3Oc3ccc(-c4ccc(-c5cc(-c6ccccc6)nc(-c6ccccc6)n5)cc4)cc31)c1ccccc1-2. The first-order valence-corrected chi connectivity index (χ1v) is 17.4. The Morgan fingerprint density at radius 2 is 1.00 bits per heavy atom. The molecule has 0 bridgehead atoms. The lowest BCUT2D eigenvalue weighted by molar-refractivity contribution is 0.436. The van der Waals surface area contributed by atoms with Gasteiger partial charge in [0.05, 0.1) is 28.4 Å². The highest BCUT2D eigenvalue weighted by molar-refractivity contribution is 5.89. The van der Waals surface area contributed by atoms with Crippen LogP contribution in [-0.2, 0) is 5.41 Å². The van der Waals surface area contributed by atoms with Crippen LogP contribution in [0.1, 0.15) is 27.8 Å². The van der Waals surface area contributed by atoms with E-state index in [1.165, 1.54) is 11.1 Å². The molecule has 1 unspecified atom stereocenters. The Morgan fingerprint density at radius 3 is 1.75 bits per heavy atom. The summed E-state index contributed by atoms with van der Waals surface area (Å²) in [6.45, 7) is 0. The minimum atomic E-state index is -0.651. The van der Waals surface area contributed by atoms with Crippen LogP contribution in [0.15, 0.2) is 176 Å². The minimum Gasteiger partial charge on any atom is -0.457 e. The molecule has 0 amide bonds. The van der Waals surface area contributed by atoms with E-state index in [0.717, 1.165) is 73.0 Å². The van der Waals surface area contributed by atoms with Crippen molar-refractivity contribution < 1.29 is 4.74 Å². The van der Waals surface area contributed by atoms with E-state index >= 15 is 0 Å². The first-order valence-electron chi connectivity index (χ1n) is 17.4. The summed E-state index contributed by atoms with van der Waals surface area (Å²) in [7, 11) is 0. The fourth-order valence-corrected chi connectivity index (χ4v) is 8.05. The third kappa shape index (κ3) is 4.54. The van der Waals surface area contributed by atoms with E-state index in [0.29, 0.717) is 11.4 Å². The van der Waals surface area contributed by atoms with Crippen LogP contribution in [0.4, 0.5) is 0 Å². The number of hydrogen-bond acceptors (Lipinski definition) is 4. The van der Waals surface area contributed by atoms with Gasteiger partial charge in [0.25, 0.3) is 0 Å². The van der Waals surface area contributed by atoms with Crippen LogP contribution in [0, 0.1) is 11.3 Å². The van der Waals surface area contributed by atoms with Crippen molar-refractivity contribution in [2.24, 2.45) is 0 Å². The van der Waals surface area contributed by atoms with Crippen molar-refractivity contribution in [2.45, 2.75) is 5.41 Å². The fourth-order valence-electron chi connectivity index (χ4n) is 8.05. The monoisotopic (exact) mass is 663 g/mol. The Balaban J connectivity index is 1.12. The summed E-state index contributed by atoms with van der Waals surface area (Å²) < 4.78 is 6.63. The molecule has 1 aliphatic heterocycles. The molecule has 1 aromatic heterocycles. The Labute approximate surface area is 301 Å². The van der Waals surface area contributed by atoms with Gasteiger partial charge in [-0.15, -0.1) is 0 Å². The molecule has 0 saturated carbocycles. The molecular formula is C48H29N3O. The van der Waals surface area contributed by atoms with Crippen molar-refractivity contribution >= 4 is 0 Å². The summed E-state index contributed by atoms with van der Waals surface area (Å²) >= 11 is 0. The van der Waals surface area contributed by atoms with Gasteiger partial charge in [0.15, 0.2) is 5.82 Å². The molecule has 8 aromatic rings. The van der Waals surface area contributed by atoms with Crippen molar-refractivity contribution in [3.8, 4) is 73.7 Å². The molecule has 7 aromatic carbocycles. The highest BCUT2D eigenvalue weighted by atomic mass is 16.5. The van der Waals surface area contributed by atoms with Gasteiger partial charge in [-0.25, -0.2) is 9.97 Å². The highest BCUT2D eigenvalue weighted by Crippen LogP contribution is 2.62. The summed E-state index contributed by atoms with van der Waals surface area (Å²) in [5.74, 6) is 2.33. The maximum atomic E-state index is 10.0. The number of ether oxygens (including phenoxy) is 1. The summed E-state index contributed by atoms with van der Waals surface area (Å²) in [6.07, 6.45) is 0. The number of hydrogen-bond donors (Lipinski definition) is 0. The van der Waals surface area contributed by atoms with Gasteiger partial charge in [-0.05, 0) is 69.8 Å². The summed E-state index contributed by atoms with van der Waals surface area (Å²) in [5.41, 5.74) is 13.7. The molecule has 0 radical (unpaired) electrons. The minimum absolute atomic E-state index is 0.638. The van der Waals surface area contributed by atoms with Gasteiger partial charge in [-0.3, -0.25) is 0 Å². The Bertz CT molecular complexity index is 2660. The zero-order valence-electron chi connectivity index (χ0n) is 28.0. The van der Waals surface area contributed by atoms with Crippen LogP contribution in [0.5, 0.6) is 11.5 Å². The topological polar surface area (TPSA) is 58.8 Å². The smallest absolute Gasteiger partial charge is 0.160 e. The molecule has 1 aliphatic carbocycles. The average Bonchev–Trinajstić information content (AvgIpc) is 3.51. The van der Waals surface area contributed by atoms with Gasteiger partial charge < -0.3 is 4.74 Å². The van der Waals surface area contributed by atoms with Crippen LogP contribution in [0.25, 0.3) is 56.2 Å². The summed E-state index contributed by atoms with van der Waals surface area (Å²) in [5, 5.41) is 10.0. The predicted octanol–water partition coefficient (Wildman–Crippen LogP) is 11.5. The predicted molar refractivity (Wildman–Crippen MR) is 206 cm³/mol. The molecule has 4 nitrogen and oxygen atoms in total. The first kappa shape index (κ1) is 29.8. The standard InChI is InChI=1S/C48H29N3O/c49-30-31-19-25-38-37-15-7-8-16-39(37)48(41(38)27-31)40-17-9-10-18-45(40)52-46-26-24-36(28-42(46)48)32-20-22-34(23-21-32)44-29-43(33-11-3-1-4-12-33)50-47(51-44)35-13-5-2-6-14-35/h1-29H. The molecule has 242 valence electrons. The number of benzene rings is 7. The van der Waals surface area contributed by atoms with E-state index in [1.807, 2.05) is 66.7 Å². The lowest BCUT2D eigenvalue weighted by Gasteiger charge is -2.39. The van der Waals surface area contributed by atoms with Crippen LogP contribution in [0.3, 0.4) is 0 Å². The second-order valence-electron chi connectivity index (χ2n) is 13.2. The van der Waals surface area contributed by atoms with Crippen LogP contribution in [0.2, 0.25) is 0 Å². The maximum absolute atomic E-state index is 10.0. The zero-order chi connectivity index (χ0) is 34.6. The molecule has 52 heavy (non-hydrogen) atoms. The van der Waals surface area contributed by atoms with Crippen LogP contribution >= 0.6 is 0 Å². The number of nitrogens with zero attached hydrogens (tertiary/aromatic N) is 3. The molecule has 2 heterocycles. The fraction of sp³-hybridized carbons (Fsp3) is 0.0208. The van der Waals surface area contributed by atoms with Crippen LogP contribution < -0.4 is 4.74 Å². The second-order valence-corrected chi connectivity index (χ2v) is 13.2. The van der Waals surface area contributed by atoms with E-state index in [2.05, 4.69) is 115 Å². The zero-order valence-corrected chi connectivity index (χ0v) is 28.0. The summed E-state index contributed by atoms with van der Waals surface area (Å²) in [6, 6.07) is 62.9. The first-order chi connectivity index (χ1) is 25.7. The largest absolute Gasteiger partial charge is 0.457 e. The molecule has 1 atom stereocenters. The van der Waals surface area contributed by atoms with E-state index in [9.17, 15) is 5.26 Å². The summed E-state index contributed by atoms with van der Waals surface area (Å²) in [4.78, 5) is 9.99. The number of rotatable bonds is 4. The van der Waals surface area contributed by atoms with Crippen molar-refractivity contribution in [1.29, 1.82) is 5.26 Å². The Hall–Kier alpha value is -7.09. The Kier molecular flexibility index (Phi) is 6.74. The van der Waals surface area contributed by atoms with Gasteiger partial charge >= 0.3 is 0 Å². The van der Waals surface area contributed by atoms with Crippen molar-refractivity contribution in [3.63, 3.8) is 0 Å². The maximum Gasteiger partial charge on any atom is 0.160 e. The lowest BCUT2D eigenvalue weighted by atomic mass is 9.65. The van der Waals surface area contributed by atoms with Crippen molar-refractivity contribution in [2.75, 3.05) is 0 Å². The normalized spacial score (nSPS) is 14.8. The van der Waals surface area contributed by atoms with Gasteiger partial charge in [-0.2, -0.15) is 5.26 Å². The number of para-hydroxylation sites is 1. The van der Waals surface area contributed by atoms with Gasteiger partial charge in [0.1, 0.15) is 11.5 Å². The molecule has 0 saturated heterocycles. The van der Waals surface area contributed by atoms with Gasteiger partial charge in [0, 0.05) is 27.8 Å². The van der Waals surface area contributed by atoms with Crippen LogP contribution in [-0.4, -0.2) is 9.97 Å². The molecule has 1 spiro atoms. The number of nitriles is 1. The number of aromatic nitrogens is 2. The molecule has 0 fully saturated rings. The Morgan fingerprint density at radius 1 is 0.423 bits per heavy atom. The van der Waals surface area contributed by atoms with Gasteiger partial charge in [-0.1, -0.05) is 140 Å². The van der Waals surface area contributed by atoms with Crippen molar-refractivity contribution in [3.05, 3.63) is 204 Å². The lowest BCUT2D eigenvalue weighted by Crippen LogP contribution is -2.32. The highest BCUT2D eigenvalue weighted by Gasteiger charge is 2.51. The second kappa shape index (κ2) is 11.8. The molecular weight excluding hydrogens is 635 g/mol. The average molecular weight is 664 g/mol. The van der Waals surface area contributed by atoms with E-state index < -0.39 is 5.41 Å². The van der Waals surface area contributed by atoms with Gasteiger partial charge in [0.2, 0.25) is 0 Å². The molecule has 4 heteroatoms. The van der Waals surface area contributed by atoms with E-state index in [-0.39, 0.29) is 0 Å². The molecule has 10 rings (SSSR count). The third-order valence-electron chi connectivity index (χ3n) is 10.4. The quantitative estimate of drug-likeness (QED) is 0.188. The third-order valence-corrected chi connectivity index (χ3v) is 10.4.